The van der Waals surface area contributed by atoms with Crippen molar-refractivity contribution in [2.45, 2.75) is 13.2 Å². The van der Waals surface area contributed by atoms with Gasteiger partial charge in [0.2, 0.25) is 0 Å². The molecule has 0 amide bonds. The molecule has 0 radical (unpaired) electrons. The van der Waals surface area contributed by atoms with Crippen LogP contribution in [0.1, 0.15) is 11.1 Å². The number of rotatable bonds is 5. The Labute approximate surface area is 109 Å². The van der Waals surface area contributed by atoms with Crippen LogP contribution in [0, 0.1) is 0 Å². The van der Waals surface area contributed by atoms with E-state index in [1.165, 1.54) is 11.1 Å². The van der Waals surface area contributed by atoms with Gasteiger partial charge in [-0.15, -0.1) is 0 Å². The van der Waals surface area contributed by atoms with Gasteiger partial charge in [0.05, 0.1) is 13.7 Å². The average molecular weight is 250 g/mol. The third kappa shape index (κ3) is 3.45. The van der Waals surface area contributed by atoms with Gasteiger partial charge in [-0.3, -0.25) is 4.90 Å². The second-order valence-electron chi connectivity index (χ2n) is 4.59. The molecule has 0 bridgehead atoms. The van der Waals surface area contributed by atoms with Crippen LogP contribution in [0.5, 0.6) is 5.75 Å². The summed E-state index contributed by atoms with van der Waals surface area (Å²) in [6.07, 6.45) is 0. The number of methoxy groups -OCH3 is 2. The Hall–Kier alpha value is -1.10. The maximum absolute atomic E-state index is 5.31. The van der Waals surface area contributed by atoms with Crippen LogP contribution in [0.4, 0.5) is 0 Å². The van der Waals surface area contributed by atoms with Crippen molar-refractivity contribution in [3.05, 3.63) is 29.3 Å². The molecule has 0 aromatic heterocycles. The first kappa shape index (κ1) is 13.3. The van der Waals surface area contributed by atoms with E-state index in [0.717, 1.165) is 38.5 Å². The van der Waals surface area contributed by atoms with Crippen LogP contribution >= 0.6 is 0 Å². The molecule has 4 nitrogen and oxygen atoms in total. The van der Waals surface area contributed by atoms with E-state index in [4.69, 9.17) is 9.47 Å². The van der Waals surface area contributed by atoms with Crippen molar-refractivity contribution in [1.29, 1.82) is 0 Å². The number of nitrogens with one attached hydrogen (secondary N) is 1. The zero-order valence-electron chi connectivity index (χ0n) is 11.2. The zero-order chi connectivity index (χ0) is 12.8. The minimum Gasteiger partial charge on any atom is -0.497 e. The molecular weight excluding hydrogens is 228 g/mol. The second-order valence-corrected chi connectivity index (χ2v) is 4.59. The summed E-state index contributed by atoms with van der Waals surface area (Å²) in [6, 6.07) is 6.21. The molecule has 0 atom stereocenters. The highest BCUT2D eigenvalue weighted by atomic mass is 16.5. The fourth-order valence-corrected chi connectivity index (χ4v) is 2.28. The Morgan fingerprint density at radius 1 is 1.17 bits per heavy atom. The van der Waals surface area contributed by atoms with E-state index in [0.29, 0.717) is 6.61 Å². The van der Waals surface area contributed by atoms with Gasteiger partial charge < -0.3 is 14.8 Å². The molecule has 0 aliphatic carbocycles. The van der Waals surface area contributed by atoms with Gasteiger partial charge in [-0.25, -0.2) is 0 Å². The first-order chi connectivity index (χ1) is 8.83. The molecule has 1 saturated heterocycles. The van der Waals surface area contributed by atoms with Crippen molar-refractivity contribution < 1.29 is 9.47 Å². The van der Waals surface area contributed by atoms with Crippen molar-refractivity contribution in [1.82, 2.24) is 10.2 Å². The maximum Gasteiger partial charge on any atom is 0.119 e. The minimum atomic E-state index is 0.658. The maximum atomic E-state index is 5.31. The predicted octanol–water partition coefficient (Wildman–Crippen LogP) is 1.25. The van der Waals surface area contributed by atoms with Crippen LogP contribution in [0.3, 0.4) is 0 Å². The van der Waals surface area contributed by atoms with Gasteiger partial charge in [0.25, 0.3) is 0 Å². The lowest BCUT2D eigenvalue weighted by Crippen LogP contribution is -2.43. The summed E-state index contributed by atoms with van der Waals surface area (Å²) < 4.78 is 10.6. The first-order valence-corrected chi connectivity index (χ1v) is 6.41. The Kier molecular flexibility index (Phi) is 4.99. The lowest BCUT2D eigenvalue weighted by Gasteiger charge is -2.28. The molecule has 2 rings (SSSR count). The molecule has 0 unspecified atom stereocenters. The summed E-state index contributed by atoms with van der Waals surface area (Å²) in [4.78, 5) is 2.46. The van der Waals surface area contributed by atoms with E-state index >= 15 is 0 Å². The second kappa shape index (κ2) is 6.73. The highest BCUT2D eigenvalue weighted by Crippen LogP contribution is 2.20. The molecule has 0 spiro atoms. The molecular formula is C14H22N2O2. The monoisotopic (exact) mass is 250 g/mol. The SMILES string of the molecule is COCc1ccc(OC)cc1CN1CCNCC1. The summed E-state index contributed by atoms with van der Waals surface area (Å²) in [5.74, 6) is 0.917. The lowest BCUT2D eigenvalue weighted by atomic mass is 10.1. The fourth-order valence-electron chi connectivity index (χ4n) is 2.28. The van der Waals surface area contributed by atoms with Crippen molar-refractivity contribution in [3.63, 3.8) is 0 Å². The number of piperazine rings is 1. The Balaban J connectivity index is 2.11. The van der Waals surface area contributed by atoms with Crippen LogP contribution in [-0.4, -0.2) is 45.3 Å². The third-order valence-electron chi connectivity index (χ3n) is 3.32. The van der Waals surface area contributed by atoms with E-state index in [1.807, 2.05) is 6.07 Å². The van der Waals surface area contributed by atoms with Gasteiger partial charge in [0, 0.05) is 39.8 Å². The minimum absolute atomic E-state index is 0.658. The van der Waals surface area contributed by atoms with E-state index in [9.17, 15) is 0 Å². The molecule has 4 heteroatoms. The predicted molar refractivity (Wildman–Crippen MR) is 71.9 cm³/mol. The molecule has 1 fully saturated rings. The van der Waals surface area contributed by atoms with E-state index in [-0.39, 0.29) is 0 Å². The number of benzene rings is 1. The van der Waals surface area contributed by atoms with Crippen LogP contribution in [0.15, 0.2) is 18.2 Å². The number of nitrogens with zero attached hydrogens (tertiary/aromatic N) is 1. The number of hydrogen-bond donors (Lipinski definition) is 1. The number of hydrogen-bond acceptors (Lipinski definition) is 4. The highest BCUT2D eigenvalue weighted by Gasteiger charge is 2.12. The first-order valence-electron chi connectivity index (χ1n) is 6.41. The van der Waals surface area contributed by atoms with Gasteiger partial charge in [-0.1, -0.05) is 6.07 Å². The summed E-state index contributed by atoms with van der Waals surface area (Å²) >= 11 is 0. The van der Waals surface area contributed by atoms with E-state index in [2.05, 4.69) is 22.3 Å². The summed E-state index contributed by atoms with van der Waals surface area (Å²) in [7, 11) is 3.44. The number of ether oxygens (including phenoxy) is 2. The average Bonchev–Trinajstić information content (AvgIpc) is 2.42. The molecule has 1 aromatic carbocycles. The van der Waals surface area contributed by atoms with Crippen LogP contribution < -0.4 is 10.1 Å². The van der Waals surface area contributed by atoms with Crippen LogP contribution in [0.2, 0.25) is 0 Å². The van der Waals surface area contributed by atoms with Gasteiger partial charge in [0.15, 0.2) is 0 Å². The van der Waals surface area contributed by atoms with Crippen molar-refractivity contribution >= 4 is 0 Å². The van der Waals surface area contributed by atoms with Gasteiger partial charge in [0.1, 0.15) is 5.75 Å². The van der Waals surface area contributed by atoms with Crippen molar-refractivity contribution in [2.75, 3.05) is 40.4 Å². The molecule has 1 N–H and O–H groups in total. The van der Waals surface area contributed by atoms with Crippen LogP contribution in [0.25, 0.3) is 0 Å². The Morgan fingerprint density at radius 3 is 2.61 bits per heavy atom. The lowest BCUT2D eigenvalue weighted by molar-refractivity contribution is 0.181. The fraction of sp³-hybridized carbons (Fsp3) is 0.571. The normalized spacial score (nSPS) is 16.8. The summed E-state index contributed by atoms with van der Waals surface area (Å²) in [6.45, 7) is 5.98. The van der Waals surface area contributed by atoms with E-state index in [1.54, 1.807) is 14.2 Å². The third-order valence-corrected chi connectivity index (χ3v) is 3.32. The van der Waals surface area contributed by atoms with Gasteiger partial charge in [-0.2, -0.15) is 0 Å². The van der Waals surface area contributed by atoms with E-state index < -0.39 is 0 Å². The van der Waals surface area contributed by atoms with Gasteiger partial charge in [-0.05, 0) is 23.3 Å². The smallest absolute Gasteiger partial charge is 0.119 e. The summed E-state index contributed by atoms with van der Waals surface area (Å²) in [5, 5.41) is 3.37. The molecule has 100 valence electrons. The topological polar surface area (TPSA) is 33.7 Å². The largest absolute Gasteiger partial charge is 0.497 e. The van der Waals surface area contributed by atoms with Gasteiger partial charge >= 0.3 is 0 Å². The molecule has 1 aromatic rings. The van der Waals surface area contributed by atoms with Crippen molar-refractivity contribution in [3.8, 4) is 5.75 Å². The molecule has 18 heavy (non-hydrogen) atoms. The van der Waals surface area contributed by atoms with Crippen molar-refractivity contribution in [2.24, 2.45) is 0 Å². The summed E-state index contributed by atoms with van der Waals surface area (Å²) in [5.41, 5.74) is 2.55. The molecule has 0 saturated carbocycles. The quantitative estimate of drug-likeness (QED) is 0.852. The Morgan fingerprint density at radius 2 is 1.94 bits per heavy atom. The zero-order valence-corrected chi connectivity index (χ0v) is 11.2. The molecule has 1 aliphatic rings. The van der Waals surface area contributed by atoms with Crippen LogP contribution in [-0.2, 0) is 17.9 Å². The molecule has 1 heterocycles. The standard InChI is InChI=1S/C14H22N2O2/c1-17-11-12-3-4-14(18-2)9-13(12)10-16-7-5-15-6-8-16/h3-4,9,15H,5-8,10-11H2,1-2H3. The Bertz CT molecular complexity index is 376. The molecule has 1 aliphatic heterocycles. The highest BCUT2D eigenvalue weighted by molar-refractivity contribution is 5.35.